The van der Waals surface area contributed by atoms with Gasteiger partial charge in [0.15, 0.2) is 0 Å². The van der Waals surface area contributed by atoms with Crippen LogP contribution in [0.5, 0.6) is 0 Å². The molecule has 2 rings (SSSR count). The predicted octanol–water partition coefficient (Wildman–Crippen LogP) is 2.56. The minimum atomic E-state index is -6.12. The van der Waals surface area contributed by atoms with Crippen LogP contribution in [-0.4, -0.2) is 47.2 Å². The highest BCUT2D eigenvalue weighted by Crippen LogP contribution is 2.54. The van der Waals surface area contributed by atoms with Crippen molar-refractivity contribution in [1.82, 2.24) is 0 Å². The zero-order valence-corrected chi connectivity index (χ0v) is 11.4. The minimum Gasteiger partial charge on any atom is -0.479 e. The minimum absolute atomic E-state index is 0.357. The van der Waals surface area contributed by atoms with E-state index in [1.807, 2.05) is 0 Å². The van der Waals surface area contributed by atoms with Crippen molar-refractivity contribution >= 4 is 11.9 Å². The Morgan fingerprint density at radius 2 is 1.54 bits per heavy atom. The number of esters is 1. The molecular weight excluding hydrogens is 350 g/mol. The van der Waals surface area contributed by atoms with Gasteiger partial charge in [-0.2, -0.15) is 26.3 Å². The molecule has 5 nitrogen and oxygen atoms in total. The van der Waals surface area contributed by atoms with E-state index < -0.39 is 42.1 Å². The maximum atomic E-state index is 13.6. The zero-order chi connectivity index (χ0) is 18.3. The van der Waals surface area contributed by atoms with Gasteiger partial charge in [0.25, 0.3) is 6.29 Å². The molecule has 1 aliphatic heterocycles. The molecule has 1 aromatic carbocycles. The number of carbonyl (C=O) groups is 2. The summed E-state index contributed by atoms with van der Waals surface area (Å²) in [6.45, 7) is 0. The number of aliphatic carboxylic acids is 1. The van der Waals surface area contributed by atoms with Crippen LogP contribution in [0.4, 0.5) is 26.3 Å². The van der Waals surface area contributed by atoms with Gasteiger partial charge in [-0.25, -0.2) is 9.59 Å². The fourth-order valence-corrected chi connectivity index (χ4v) is 1.88. The number of rotatable bonds is 3. The van der Waals surface area contributed by atoms with E-state index in [0.717, 1.165) is 12.1 Å². The third-order valence-corrected chi connectivity index (χ3v) is 3.17. The first-order valence-corrected chi connectivity index (χ1v) is 6.20. The molecule has 24 heavy (non-hydrogen) atoms. The number of carboxylic acid groups (broad SMARTS) is 1. The fraction of sp³-hybridized carbons (Fsp3) is 0.385. The third-order valence-electron chi connectivity index (χ3n) is 3.17. The SMILES string of the molecule is O=C(OC1OC(C(=O)O)C(F)(F)C(F)(F)C1(F)F)c1ccccc1. The predicted molar refractivity (Wildman–Crippen MR) is 63.0 cm³/mol. The summed E-state index contributed by atoms with van der Waals surface area (Å²) in [7, 11) is 0. The molecule has 1 saturated heterocycles. The number of alkyl halides is 6. The van der Waals surface area contributed by atoms with Crippen molar-refractivity contribution in [2.45, 2.75) is 30.2 Å². The van der Waals surface area contributed by atoms with E-state index in [-0.39, 0.29) is 5.56 Å². The zero-order valence-electron chi connectivity index (χ0n) is 11.4. The van der Waals surface area contributed by atoms with E-state index in [1.54, 1.807) is 0 Å². The summed E-state index contributed by atoms with van der Waals surface area (Å²) in [5, 5.41) is 8.52. The van der Waals surface area contributed by atoms with Gasteiger partial charge in [-0.1, -0.05) is 18.2 Å². The molecule has 2 unspecified atom stereocenters. The Morgan fingerprint density at radius 3 is 2.04 bits per heavy atom. The van der Waals surface area contributed by atoms with Gasteiger partial charge in [0, 0.05) is 0 Å². The van der Waals surface area contributed by atoms with E-state index >= 15 is 0 Å². The van der Waals surface area contributed by atoms with E-state index in [2.05, 4.69) is 9.47 Å². The molecule has 1 heterocycles. The Bertz CT molecular complexity index is 648. The smallest absolute Gasteiger partial charge is 0.381 e. The molecule has 1 aromatic rings. The van der Waals surface area contributed by atoms with Crippen molar-refractivity contribution in [1.29, 1.82) is 0 Å². The molecule has 11 heteroatoms. The largest absolute Gasteiger partial charge is 0.479 e. The molecule has 2 atom stereocenters. The standard InChI is InChI=1S/C13H8F6O5/c14-11(15)7(8(20)21)23-10(12(16,17)13(11,18)19)24-9(22)6-4-2-1-3-5-6/h1-5,7,10H,(H,20,21). The van der Waals surface area contributed by atoms with Crippen molar-refractivity contribution in [3.8, 4) is 0 Å². The van der Waals surface area contributed by atoms with Gasteiger partial charge >= 0.3 is 29.7 Å². The lowest BCUT2D eigenvalue weighted by atomic mass is 9.95. The van der Waals surface area contributed by atoms with Crippen LogP contribution in [0.15, 0.2) is 30.3 Å². The van der Waals surface area contributed by atoms with Crippen molar-refractivity contribution < 1.29 is 50.5 Å². The second-order valence-electron chi connectivity index (χ2n) is 4.78. The molecular formula is C13H8F6O5. The lowest BCUT2D eigenvalue weighted by molar-refractivity contribution is -0.428. The van der Waals surface area contributed by atoms with Gasteiger partial charge in [-0.15, -0.1) is 0 Å². The van der Waals surface area contributed by atoms with Gasteiger partial charge in [-0.05, 0) is 12.1 Å². The quantitative estimate of drug-likeness (QED) is 0.664. The van der Waals surface area contributed by atoms with Gasteiger partial charge < -0.3 is 14.6 Å². The molecule has 0 aliphatic carbocycles. The summed E-state index contributed by atoms with van der Waals surface area (Å²) in [6, 6.07) is 6.17. The molecule has 0 amide bonds. The van der Waals surface area contributed by atoms with Crippen LogP contribution in [0.25, 0.3) is 0 Å². The molecule has 0 aromatic heterocycles. The molecule has 132 valence electrons. The first-order valence-electron chi connectivity index (χ1n) is 6.20. The van der Waals surface area contributed by atoms with Crippen LogP contribution < -0.4 is 0 Å². The molecule has 1 N–H and O–H groups in total. The molecule has 0 bridgehead atoms. The Morgan fingerprint density at radius 1 is 1.00 bits per heavy atom. The summed E-state index contributed by atoms with van der Waals surface area (Å²) in [6.07, 6.45) is -7.14. The first-order chi connectivity index (χ1) is 10.9. The summed E-state index contributed by atoms with van der Waals surface area (Å²) in [5.74, 6) is -21.7. The second-order valence-corrected chi connectivity index (χ2v) is 4.78. The fourth-order valence-electron chi connectivity index (χ4n) is 1.88. The van der Waals surface area contributed by atoms with Crippen molar-refractivity contribution in [2.75, 3.05) is 0 Å². The normalized spacial score (nSPS) is 27.2. The number of hydrogen-bond acceptors (Lipinski definition) is 4. The maximum absolute atomic E-state index is 13.6. The van der Waals surface area contributed by atoms with Gasteiger partial charge in [0.1, 0.15) is 0 Å². The van der Waals surface area contributed by atoms with Crippen molar-refractivity contribution in [3.05, 3.63) is 35.9 Å². The van der Waals surface area contributed by atoms with E-state index in [0.29, 0.717) is 0 Å². The van der Waals surface area contributed by atoms with Crippen LogP contribution in [0.1, 0.15) is 10.4 Å². The summed E-state index contributed by atoms with van der Waals surface area (Å²) >= 11 is 0. The molecule has 0 spiro atoms. The number of carboxylic acids is 1. The number of carbonyl (C=O) groups excluding carboxylic acids is 1. The average Bonchev–Trinajstić information content (AvgIpc) is 2.49. The average molecular weight is 358 g/mol. The lowest BCUT2D eigenvalue weighted by Gasteiger charge is -2.43. The Labute approximate surface area is 129 Å². The van der Waals surface area contributed by atoms with E-state index in [9.17, 15) is 35.9 Å². The number of hydrogen-bond donors (Lipinski definition) is 1. The number of halogens is 6. The van der Waals surface area contributed by atoms with Crippen LogP contribution in [-0.2, 0) is 14.3 Å². The topological polar surface area (TPSA) is 72.8 Å². The Hall–Kier alpha value is -2.30. The molecule has 1 fully saturated rings. The van der Waals surface area contributed by atoms with Crippen molar-refractivity contribution in [3.63, 3.8) is 0 Å². The summed E-state index contributed by atoms with van der Waals surface area (Å²) in [5.41, 5.74) is -0.357. The Kier molecular flexibility index (Phi) is 4.25. The number of benzene rings is 1. The molecule has 0 saturated carbocycles. The number of ether oxygens (including phenoxy) is 2. The highest BCUT2D eigenvalue weighted by molar-refractivity contribution is 5.89. The van der Waals surface area contributed by atoms with Crippen LogP contribution in [0.2, 0.25) is 0 Å². The first kappa shape index (κ1) is 18.0. The highest BCUT2D eigenvalue weighted by Gasteiger charge is 2.83. The van der Waals surface area contributed by atoms with Crippen LogP contribution in [0.3, 0.4) is 0 Å². The molecule has 0 radical (unpaired) electrons. The van der Waals surface area contributed by atoms with Crippen LogP contribution >= 0.6 is 0 Å². The van der Waals surface area contributed by atoms with Gasteiger partial charge in [0.05, 0.1) is 5.56 Å². The van der Waals surface area contributed by atoms with Crippen LogP contribution in [0, 0.1) is 0 Å². The van der Waals surface area contributed by atoms with Gasteiger partial charge in [0.2, 0.25) is 6.10 Å². The van der Waals surface area contributed by atoms with Crippen molar-refractivity contribution in [2.24, 2.45) is 0 Å². The second kappa shape index (κ2) is 5.65. The summed E-state index contributed by atoms with van der Waals surface area (Å²) in [4.78, 5) is 22.3. The summed E-state index contributed by atoms with van der Waals surface area (Å²) < 4.78 is 88.6. The highest BCUT2D eigenvalue weighted by atomic mass is 19.3. The van der Waals surface area contributed by atoms with E-state index in [1.165, 1.54) is 18.2 Å². The lowest BCUT2D eigenvalue weighted by Crippen LogP contribution is -2.71. The van der Waals surface area contributed by atoms with E-state index in [4.69, 9.17) is 5.11 Å². The Balaban J connectivity index is 2.36. The van der Waals surface area contributed by atoms with Gasteiger partial charge in [-0.3, -0.25) is 0 Å². The molecule has 1 aliphatic rings. The third kappa shape index (κ3) is 2.58. The maximum Gasteiger partial charge on any atom is 0.381 e. The monoisotopic (exact) mass is 358 g/mol.